The number of ether oxygens (including phenoxy) is 1. The number of carbonyl (C=O) groups excluding carboxylic acids is 1. The number of hydrogen-bond donors (Lipinski definition) is 1. The van der Waals surface area contributed by atoms with Gasteiger partial charge in [0.1, 0.15) is 5.75 Å². The third-order valence-corrected chi connectivity index (χ3v) is 5.20. The van der Waals surface area contributed by atoms with Gasteiger partial charge in [0.25, 0.3) is 0 Å². The molecule has 1 atom stereocenters. The van der Waals surface area contributed by atoms with Gasteiger partial charge in [-0.2, -0.15) is 8.78 Å². The number of halogens is 3. The van der Waals surface area contributed by atoms with Crippen LogP contribution in [0.3, 0.4) is 0 Å². The molecule has 1 N–H and O–H groups in total. The van der Waals surface area contributed by atoms with Crippen molar-refractivity contribution in [3.63, 3.8) is 0 Å². The summed E-state index contributed by atoms with van der Waals surface area (Å²) in [4.78, 5) is 14.5. The topological polar surface area (TPSA) is 41.6 Å². The molecular weight excluding hydrogens is 386 g/mol. The van der Waals surface area contributed by atoms with Gasteiger partial charge in [0.05, 0.1) is 6.54 Å². The normalized spacial score (nSPS) is 17.1. The molecule has 4 nitrogen and oxygen atoms in total. The van der Waals surface area contributed by atoms with Crippen molar-refractivity contribution in [3.8, 4) is 5.75 Å². The van der Waals surface area contributed by atoms with E-state index < -0.39 is 6.61 Å². The van der Waals surface area contributed by atoms with Gasteiger partial charge in [-0.3, -0.25) is 9.69 Å². The SMILES string of the molecule is O=C(CN1CCCC1c1ccccc1Cl)NCCc1ccc(OC(F)F)cc1. The molecule has 1 saturated heterocycles. The Balaban J connectivity index is 1.46. The van der Waals surface area contributed by atoms with E-state index in [1.807, 2.05) is 24.3 Å². The summed E-state index contributed by atoms with van der Waals surface area (Å²) in [5.74, 6) is 0.0963. The van der Waals surface area contributed by atoms with Gasteiger partial charge in [0, 0.05) is 17.6 Å². The molecule has 2 aromatic carbocycles. The second-order valence-corrected chi connectivity index (χ2v) is 7.18. The molecule has 1 unspecified atom stereocenters. The van der Waals surface area contributed by atoms with Crippen molar-refractivity contribution in [2.45, 2.75) is 31.9 Å². The molecule has 0 saturated carbocycles. The first kappa shape index (κ1) is 20.6. The van der Waals surface area contributed by atoms with Gasteiger partial charge in [-0.1, -0.05) is 41.9 Å². The van der Waals surface area contributed by atoms with Crippen molar-refractivity contribution < 1.29 is 18.3 Å². The van der Waals surface area contributed by atoms with Crippen LogP contribution < -0.4 is 10.1 Å². The lowest BCUT2D eigenvalue weighted by molar-refractivity contribution is -0.122. The first-order valence-electron chi connectivity index (χ1n) is 9.32. The van der Waals surface area contributed by atoms with Crippen molar-refractivity contribution in [3.05, 3.63) is 64.7 Å². The minimum Gasteiger partial charge on any atom is -0.435 e. The van der Waals surface area contributed by atoms with Crippen LogP contribution in [0.5, 0.6) is 5.75 Å². The zero-order chi connectivity index (χ0) is 19.9. The first-order chi connectivity index (χ1) is 13.5. The molecule has 0 aliphatic carbocycles. The molecule has 150 valence electrons. The fourth-order valence-corrected chi connectivity index (χ4v) is 3.80. The summed E-state index contributed by atoms with van der Waals surface area (Å²) in [6.07, 6.45) is 2.65. The van der Waals surface area contributed by atoms with Crippen LogP contribution in [0, 0.1) is 0 Å². The van der Waals surface area contributed by atoms with E-state index in [1.165, 1.54) is 12.1 Å². The Morgan fingerprint density at radius 3 is 2.68 bits per heavy atom. The second-order valence-electron chi connectivity index (χ2n) is 6.77. The van der Waals surface area contributed by atoms with Crippen LogP contribution in [0.15, 0.2) is 48.5 Å². The first-order valence-corrected chi connectivity index (χ1v) is 9.69. The summed E-state index contributed by atoms with van der Waals surface area (Å²) < 4.78 is 28.6. The summed E-state index contributed by atoms with van der Waals surface area (Å²) in [6.45, 7) is -1.14. The lowest BCUT2D eigenvalue weighted by Crippen LogP contribution is -2.37. The van der Waals surface area contributed by atoms with Crippen molar-refractivity contribution in [1.82, 2.24) is 10.2 Å². The number of carbonyl (C=O) groups is 1. The molecule has 1 aliphatic heterocycles. The molecule has 0 bridgehead atoms. The fourth-order valence-electron chi connectivity index (χ4n) is 3.54. The molecule has 1 amide bonds. The molecule has 0 aromatic heterocycles. The number of alkyl halides is 2. The van der Waals surface area contributed by atoms with E-state index in [9.17, 15) is 13.6 Å². The average molecular weight is 409 g/mol. The van der Waals surface area contributed by atoms with Gasteiger partial charge in [0.2, 0.25) is 5.91 Å². The van der Waals surface area contributed by atoms with E-state index in [1.54, 1.807) is 12.1 Å². The highest BCUT2D eigenvalue weighted by Gasteiger charge is 2.28. The van der Waals surface area contributed by atoms with Crippen LogP contribution >= 0.6 is 11.6 Å². The predicted molar refractivity (Wildman–Crippen MR) is 105 cm³/mol. The summed E-state index contributed by atoms with van der Waals surface area (Å²) >= 11 is 6.32. The zero-order valence-corrected chi connectivity index (χ0v) is 16.2. The molecular formula is C21H23ClF2N2O2. The van der Waals surface area contributed by atoms with Crippen molar-refractivity contribution in [1.29, 1.82) is 0 Å². The van der Waals surface area contributed by atoms with Gasteiger partial charge in [-0.25, -0.2) is 0 Å². The van der Waals surface area contributed by atoms with Gasteiger partial charge in [0.15, 0.2) is 0 Å². The molecule has 0 spiro atoms. The zero-order valence-electron chi connectivity index (χ0n) is 15.4. The summed E-state index contributed by atoms with van der Waals surface area (Å²) in [5, 5.41) is 3.66. The monoisotopic (exact) mass is 408 g/mol. The Morgan fingerprint density at radius 1 is 1.21 bits per heavy atom. The lowest BCUT2D eigenvalue weighted by atomic mass is 10.0. The van der Waals surface area contributed by atoms with E-state index in [2.05, 4.69) is 15.0 Å². The number of likely N-dealkylation sites (tertiary alicyclic amines) is 1. The number of amides is 1. The molecule has 7 heteroatoms. The quantitative estimate of drug-likeness (QED) is 0.702. The lowest BCUT2D eigenvalue weighted by Gasteiger charge is -2.25. The van der Waals surface area contributed by atoms with Crippen molar-refractivity contribution >= 4 is 17.5 Å². The van der Waals surface area contributed by atoms with E-state index in [-0.39, 0.29) is 17.7 Å². The number of nitrogens with one attached hydrogen (secondary N) is 1. The van der Waals surface area contributed by atoms with Crippen LogP contribution in [-0.2, 0) is 11.2 Å². The average Bonchev–Trinajstić information content (AvgIpc) is 3.11. The van der Waals surface area contributed by atoms with Crippen LogP contribution in [0.4, 0.5) is 8.78 Å². The highest BCUT2D eigenvalue weighted by molar-refractivity contribution is 6.31. The van der Waals surface area contributed by atoms with Crippen molar-refractivity contribution in [2.24, 2.45) is 0 Å². The summed E-state index contributed by atoms with van der Waals surface area (Å²) in [7, 11) is 0. The highest BCUT2D eigenvalue weighted by Crippen LogP contribution is 2.35. The van der Waals surface area contributed by atoms with Crippen LogP contribution in [0.1, 0.15) is 30.0 Å². The molecule has 3 rings (SSSR count). The van der Waals surface area contributed by atoms with Crippen molar-refractivity contribution in [2.75, 3.05) is 19.6 Å². The Bertz CT molecular complexity index is 786. The Hall–Kier alpha value is -2.18. The van der Waals surface area contributed by atoms with Crippen LogP contribution in [0.2, 0.25) is 5.02 Å². The second kappa shape index (κ2) is 9.85. The molecule has 1 heterocycles. The largest absolute Gasteiger partial charge is 0.435 e. The third-order valence-electron chi connectivity index (χ3n) is 4.86. The maximum absolute atomic E-state index is 12.3. The van der Waals surface area contributed by atoms with Crippen LogP contribution in [0.25, 0.3) is 0 Å². The Labute approximate surface area is 168 Å². The maximum Gasteiger partial charge on any atom is 0.387 e. The molecule has 2 aromatic rings. The van der Waals surface area contributed by atoms with Gasteiger partial charge in [-0.15, -0.1) is 0 Å². The highest BCUT2D eigenvalue weighted by atomic mass is 35.5. The number of benzene rings is 2. The van der Waals surface area contributed by atoms with Crippen LogP contribution in [-0.4, -0.2) is 37.1 Å². The summed E-state index contributed by atoms with van der Waals surface area (Å²) in [5.41, 5.74) is 2.01. The fraction of sp³-hybridized carbons (Fsp3) is 0.381. The minimum atomic E-state index is -2.83. The molecule has 0 radical (unpaired) electrons. The van der Waals surface area contributed by atoms with E-state index in [0.29, 0.717) is 19.5 Å². The van der Waals surface area contributed by atoms with E-state index >= 15 is 0 Å². The molecule has 1 fully saturated rings. The predicted octanol–water partition coefficient (Wildman–Crippen LogP) is 4.44. The number of hydrogen-bond acceptors (Lipinski definition) is 3. The maximum atomic E-state index is 12.3. The Morgan fingerprint density at radius 2 is 1.96 bits per heavy atom. The molecule has 28 heavy (non-hydrogen) atoms. The smallest absolute Gasteiger partial charge is 0.387 e. The van der Waals surface area contributed by atoms with Gasteiger partial charge < -0.3 is 10.1 Å². The number of rotatable bonds is 8. The van der Waals surface area contributed by atoms with E-state index in [4.69, 9.17) is 11.6 Å². The van der Waals surface area contributed by atoms with Gasteiger partial charge in [-0.05, 0) is 55.1 Å². The third kappa shape index (κ3) is 5.66. The minimum absolute atomic E-state index is 0.0309. The van der Waals surface area contributed by atoms with E-state index in [0.717, 1.165) is 35.5 Å². The standard InChI is InChI=1S/C21H23ClF2N2O2/c22-18-5-2-1-4-17(18)19-6-3-13-26(19)14-20(27)25-12-11-15-7-9-16(10-8-15)28-21(23)24/h1-2,4-5,7-10,19,21H,3,6,11-14H2,(H,25,27). The Kier molecular flexibility index (Phi) is 7.23. The van der Waals surface area contributed by atoms with Gasteiger partial charge >= 0.3 is 6.61 Å². The molecule has 1 aliphatic rings. The summed E-state index contributed by atoms with van der Waals surface area (Å²) in [6, 6.07) is 14.4. The number of nitrogens with zero attached hydrogens (tertiary/aromatic N) is 1.